The number of nitrogens with zero attached hydrogens (tertiary/aromatic N) is 2. The molecule has 66 heavy (non-hydrogen) atoms. The third-order valence-electron chi connectivity index (χ3n) is 10.5. The second-order valence-corrected chi connectivity index (χ2v) is 15.6. The number of carbonyl (C=O) groups excluding carboxylic acids is 4. The molecule has 0 bridgehead atoms. The fourth-order valence-electron chi connectivity index (χ4n) is 6.67. The van der Waals surface area contributed by atoms with Crippen LogP contribution in [0.25, 0.3) is 11.4 Å². The number of ether oxygens (including phenoxy) is 6. The van der Waals surface area contributed by atoms with Gasteiger partial charge in [0.1, 0.15) is 34.5 Å². The smallest absolute Gasteiger partial charge is 0.345 e. The molecule has 2 aromatic heterocycles. The molecule has 0 saturated carbocycles. The SMILES string of the molecule is CCCCCCCCOc1ccc(OC(=O)c2ccc(OC(=O)c3ccc(-c4ccc(C(=O)Oc5ccc(C(=O)Oc6ccc(OCCCCCCCC)cc6)cc5)cn4)nc3)cc2)cc1. The molecule has 0 aliphatic carbocycles. The normalized spacial score (nSPS) is 10.8. The minimum atomic E-state index is -0.645. The summed E-state index contributed by atoms with van der Waals surface area (Å²) in [5.74, 6) is 0.272. The Kier molecular flexibility index (Phi) is 18.8. The van der Waals surface area contributed by atoms with Gasteiger partial charge in [-0.2, -0.15) is 0 Å². The Morgan fingerprint density at radius 2 is 0.606 bits per heavy atom. The standard InChI is InChI=1S/C54H56N2O10/c1-3-5-7-9-11-13-35-61-43-25-29-47(30-26-43)63-51(57)39-15-21-45(22-16-39)65-53(59)41-19-33-49(55-37-41)50-34-20-42(38-56-50)54(60)66-46-23-17-40(18-24-46)52(58)64-48-31-27-44(28-32-48)62-36-14-12-10-8-6-4-2/h15-34,37-38H,3-14,35-36H2,1-2H3. The van der Waals surface area contributed by atoms with Crippen LogP contribution in [0.15, 0.2) is 134 Å². The Hall–Kier alpha value is -7.34. The minimum absolute atomic E-state index is 0.194. The lowest BCUT2D eigenvalue weighted by molar-refractivity contribution is 0.0719. The van der Waals surface area contributed by atoms with Gasteiger partial charge in [0, 0.05) is 12.4 Å². The third kappa shape index (κ3) is 15.4. The molecular weight excluding hydrogens is 837 g/mol. The maximum Gasteiger partial charge on any atom is 0.345 e. The number of unbranched alkanes of at least 4 members (excludes halogenated alkanes) is 10. The van der Waals surface area contributed by atoms with Crippen molar-refractivity contribution in [3.05, 3.63) is 156 Å². The molecular formula is C54H56N2O10. The van der Waals surface area contributed by atoms with Crippen LogP contribution in [0.4, 0.5) is 0 Å². The lowest BCUT2D eigenvalue weighted by atomic mass is 10.1. The van der Waals surface area contributed by atoms with E-state index in [-0.39, 0.29) is 33.8 Å². The average Bonchev–Trinajstić information content (AvgIpc) is 3.35. The zero-order valence-electron chi connectivity index (χ0n) is 37.6. The molecule has 342 valence electrons. The Bertz CT molecular complexity index is 2260. The van der Waals surface area contributed by atoms with E-state index in [9.17, 15) is 19.2 Å². The van der Waals surface area contributed by atoms with Crippen LogP contribution in [0, 0.1) is 0 Å². The van der Waals surface area contributed by atoms with E-state index in [0.29, 0.717) is 36.1 Å². The van der Waals surface area contributed by atoms with Crippen LogP contribution < -0.4 is 28.4 Å². The van der Waals surface area contributed by atoms with Gasteiger partial charge in [0.05, 0.1) is 46.9 Å². The highest BCUT2D eigenvalue weighted by Gasteiger charge is 2.16. The predicted octanol–water partition coefficient (Wildman–Crippen LogP) is 12.5. The van der Waals surface area contributed by atoms with Crippen molar-refractivity contribution in [3.63, 3.8) is 0 Å². The summed E-state index contributed by atoms with van der Waals surface area (Å²) in [7, 11) is 0. The Morgan fingerprint density at radius 1 is 0.333 bits per heavy atom. The molecule has 0 aliphatic rings. The molecule has 0 fully saturated rings. The van der Waals surface area contributed by atoms with E-state index in [2.05, 4.69) is 23.8 Å². The molecule has 2 heterocycles. The summed E-state index contributed by atoms with van der Waals surface area (Å²) in [6.07, 6.45) is 17.0. The van der Waals surface area contributed by atoms with Crippen LogP contribution >= 0.6 is 0 Å². The van der Waals surface area contributed by atoms with Crippen LogP contribution in [-0.4, -0.2) is 47.1 Å². The van der Waals surface area contributed by atoms with Gasteiger partial charge in [-0.25, -0.2) is 19.2 Å². The summed E-state index contributed by atoms with van der Waals surface area (Å²) >= 11 is 0. The Morgan fingerprint density at radius 3 is 0.924 bits per heavy atom. The van der Waals surface area contributed by atoms with Gasteiger partial charge < -0.3 is 28.4 Å². The lowest BCUT2D eigenvalue weighted by Crippen LogP contribution is -2.11. The number of hydrogen-bond acceptors (Lipinski definition) is 12. The number of carbonyl (C=O) groups is 4. The van der Waals surface area contributed by atoms with Crippen molar-refractivity contribution in [1.82, 2.24) is 9.97 Å². The summed E-state index contributed by atoms with van der Waals surface area (Å²) in [5.41, 5.74) is 1.87. The van der Waals surface area contributed by atoms with E-state index < -0.39 is 23.9 Å². The lowest BCUT2D eigenvalue weighted by Gasteiger charge is -2.09. The number of hydrogen-bond donors (Lipinski definition) is 0. The molecule has 6 rings (SSSR count). The van der Waals surface area contributed by atoms with E-state index in [0.717, 1.165) is 37.2 Å². The van der Waals surface area contributed by atoms with Crippen molar-refractivity contribution in [3.8, 4) is 45.9 Å². The number of rotatable bonds is 25. The van der Waals surface area contributed by atoms with Crippen molar-refractivity contribution in [2.45, 2.75) is 90.9 Å². The second kappa shape index (κ2) is 25.8. The molecule has 0 amide bonds. The van der Waals surface area contributed by atoms with Gasteiger partial charge in [0.15, 0.2) is 0 Å². The van der Waals surface area contributed by atoms with E-state index in [4.69, 9.17) is 28.4 Å². The van der Waals surface area contributed by atoms with E-state index in [1.54, 1.807) is 72.8 Å². The van der Waals surface area contributed by atoms with Gasteiger partial charge in [-0.3, -0.25) is 9.97 Å². The molecule has 0 saturated heterocycles. The Balaban J connectivity index is 0.907. The highest BCUT2D eigenvalue weighted by atomic mass is 16.5. The van der Waals surface area contributed by atoms with Gasteiger partial charge in [-0.15, -0.1) is 0 Å². The highest BCUT2D eigenvalue weighted by Crippen LogP contribution is 2.24. The minimum Gasteiger partial charge on any atom is -0.494 e. The van der Waals surface area contributed by atoms with Crippen molar-refractivity contribution in [1.29, 1.82) is 0 Å². The summed E-state index contributed by atoms with van der Waals surface area (Å²) in [5, 5.41) is 0. The summed E-state index contributed by atoms with van der Waals surface area (Å²) in [4.78, 5) is 60.0. The average molecular weight is 893 g/mol. The molecule has 0 spiro atoms. The van der Waals surface area contributed by atoms with E-state index in [1.807, 2.05) is 0 Å². The number of esters is 4. The summed E-state index contributed by atoms with van der Waals surface area (Å²) in [6.45, 7) is 5.70. The molecule has 12 heteroatoms. The Labute approximate surface area is 386 Å². The first kappa shape index (κ1) is 48.1. The van der Waals surface area contributed by atoms with Gasteiger partial charge in [-0.05, 0) is 134 Å². The molecule has 0 N–H and O–H groups in total. The van der Waals surface area contributed by atoms with Crippen molar-refractivity contribution >= 4 is 23.9 Å². The number of benzene rings is 4. The van der Waals surface area contributed by atoms with Crippen LogP contribution in [0.3, 0.4) is 0 Å². The summed E-state index contributed by atoms with van der Waals surface area (Å²) < 4.78 is 33.6. The highest BCUT2D eigenvalue weighted by molar-refractivity contribution is 5.94. The topological polar surface area (TPSA) is 149 Å². The van der Waals surface area contributed by atoms with E-state index in [1.165, 1.54) is 112 Å². The quantitative estimate of drug-likeness (QED) is 0.0306. The molecule has 0 atom stereocenters. The molecule has 0 radical (unpaired) electrons. The molecule has 4 aromatic carbocycles. The molecule has 0 aliphatic heterocycles. The van der Waals surface area contributed by atoms with Crippen LogP contribution in [0.2, 0.25) is 0 Å². The van der Waals surface area contributed by atoms with Crippen LogP contribution in [0.5, 0.6) is 34.5 Å². The van der Waals surface area contributed by atoms with Crippen molar-refractivity contribution < 1.29 is 47.6 Å². The van der Waals surface area contributed by atoms with E-state index >= 15 is 0 Å². The van der Waals surface area contributed by atoms with Gasteiger partial charge >= 0.3 is 23.9 Å². The maximum absolute atomic E-state index is 12.9. The largest absolute Gasteiger partial charge is 0.494 e. The zero-order chi connectivity index (χ0) is 46.4. The number of aromatic nitrogens is 2. The van der Waals surface area contributed by atoms with Gasteiger partial charge in [-0.1, -0.05) is 78.1 Å². The molecule has 6 aromatic rings. The van der Waals surface area contributed by atoms with Gasteiger partial charge in [0.2, 0.25) is 0 Å². The fourth-order valence-corrected chi connectivity index (χ4v) is 6.67. The van der Waals surface area contributed by atoms with Crippen molar-refractivity contribution in [2.24, 2.45) is 0 Å². The summed E-state index contributed by atoms with van der Waals surface area (Å²) in [6, 6.07) is 32.2. The zero-order valence-corrected chi connectivity index (χ0v) is 37.6. The maximum atomic E-state index is 12.9. The fraction of sp³-hybridized carbons (Fsp3) is 0.296. The second-order valence-electron chi connectivity index (χ2n) is 15.6. The first-order valence-corrected chi connectivity index (χ1v) is 22.7. The van der Waals surface area contributed by atoms with Crippen LogP contribution in [0.1, 0.15) is 132 Å². The number of pyridine rings is 2. The third-order valence-corrected chi connectivity index (χ3v) is 10.5. The molecule has 12 nitrogen and oxygen atoms in total. The first-order chi connectivity index (χ1) is 32.3. The van der Waals surface area contributed by atoms with Gasteiger partial charge in [0.25, 0.3) is 0 Å². The first-order valence-electron chi connectivity index (χ1n) is 22.7. The van der Waals surface area contributed by atoms with Crippen LogP contribution in [-0.2, 0) is 0 Å². The monoisotopic (exact) mass is 892 g/mol. The van der Waals surface area contributed by atoms with Crippen molar-refractivity contribution in [2.75, 3.05) is 13.2 Å². The molecule has 0 unspecified atom stereocenters. The predicted molar refractivity (Wildman–Crippen MR) is 251 cm³/mol.